The Kier molecular flexibility index (Phi) is 6.55. The van der Waals surface area contributed by atoms with E-state index >= 15 is 0 Å². The quantitative estimate of drug-likeness (QED) is 0.536. The van der Waals surface area contributed by atoms with Gasteiger partial charge in [-0.05, 0) is 36.8 Å². The number of aromatic nitrogens is 3. The summed E-state index contributed by atoms with van der Waals surface area (Å²) in [6.07, 6.45) is 2.12. The third-order valence-electron chi connectivity index (χ3n) is 4.90. The summed E-state index contributed by atoms with van der Waals surface area (Å²) in [4.78, 5) is 33.8. The lowest BCUT2D eigenvalue weighted by Crippen LogP contribution is -2.34. The van der Waals surface area contributed by atoms with Crippen molar-refractivity contribution in [1.82, 2.24) is 19.9 Å². The number of pyridine rings is 1. The zero-order chi connectivity index (χ0) is 22.5. The normalized spacial score (nSPS) is 11.9. The molecule has 1 amide bonds. The number of nitrogens with one attached hydrogen (secondary N) is 2. The van der Waals surface area contributed by atoms with Crippen molar-refractivity contribution in [2.75, 3.05) is 18.7 Å². The molecule has 10 heteroatoms. The maximum atomic E-state index is 12.8. The number of carbonyl (C=O) groups is 1. The highest BCUT2D eigenvalue weighted by molar-refractivity contribution is 6.30. The molecule has 2 N–H and O–H groups in total. The third kappa shape index (κ3) is 5.17. The number of ether oxygens (including phenoxy) is 2. The molecule has 32 heavy (non-hydrogen) atoms. The number of anilines is 1. The van der Waals surface area contributed by atoms with Crippen LogP contribution in [0.15, 0.2) is 47.4 Å². The van der Waals surface area contributed by atoms with Gasteiger partial charge in [0, 0.05) is 42.1 Å². The Labute approximate surface area is 189 Å². The Morgan fingerprint density at radius 1 is 1.25 bits per heavy atom. The van der Waals surface area contributed by atoms with Crippen molar-refractivity contribution < 1.29 is 14.3 Å². The summed E-state index contributed by atoms with van der Waals surface area (Å²) >= 11 is 5.97. The topological polar surface area (TPSA) is 107 Å². The molecule has 166 valence electrons. The van der Waals surface area contributed by atoms with Crippen LogP contribution in [0, 0.1) is 6.92 Å². The van der Waals surface area contributed by atoms with Crippen molar-refractivity contribution in [2.24, 2.45) is 0 Å². The van der Waals surface area contributed by atoms with Gasteiger partial charge in [0.15, 0.2) is 11.6 Å². The molecule has 0 aliphatic carbocycles. The molecule has 0 atom stereocenters. The molecule has 9 nitrogen and oxygen atoms in total. The minimum Gasteiger partial charge on any atom is -0.452 e. The smallest absolute Gasteiger partial charge is 0.293 e. The van der Waals surface area contributed by atoms with Crippen molar-refractivity contribution in [3.8, 4) is 11.6 Å². The minimum atomic E-state index is -0.360. The number of carbonyl (C=O) groups excluding carboxylic acids is 1. The number of hydrogen-bond acceptors (Lipinski definition) is 7. The zero-order valence-corrected chi connectivity index (χ0v) is 18.2. The molecule has 2 aromatic heterocycles. The SMILES string of the molecule is Cc1cnc(NCCc2ccc3c(n2)OCO3)c(=O)n1CC(=O)NCc1cccc(Cl)c1. The van der Waals surface area contributed by atoms with Crippen LogP contribution in [0.4, 0.5) is 5.82 Å². The van der Waals surface area contributed by atoms with Crippen LogP contribution in [-0.2, 0) is 24.3 Å². The average Bonchev–Trinajstić information content (AvgIpc) is 3.25. The Hall–Kier alpha value is -3.59. The number of rotatable bonds is 8. The first-order valence-corrected chi connectivity index (χ1v) is 10.4. The van der Waals surface area contributed by atoms with Crippen LogP contribution in [0.2, 0.25) is 5.02 Å². The van der Waals surface area contributed by atoms with E-state index in [1.807, 2.05) is 24.3 Å². The summed E-state index contributed by atoms with van der Waals surface area (Å²) in [6, 6.07) is 10.9. The van der Waals surface area contributed by atoms with E-state index in [1.165, 1.54) is 4.57 Å². The molecular weight excluding hydrogens is 434 g/mol. The van der Waals surface area contributed by atoms with E-state index in [-0.39, 0.29) is 30.6 Å². The second-order valence-electron chi connectivity index (χ2n) is 7.24. The first-order valence-electron chi connectivity index (χ1n) is 10.1. The molecule has 4 rings (SSSR count). The van der Waals surface area contributed by atoms with Crippen LogP contribution in [0.1, 0.15) is 17.0 Å². The fourth-order valence-electron chi connectivity index (χ4n) is 3.21. The number of nitrogens with zero attached hydrogens (tertiary/aromatic N) is 3. The Morgan fingerprint density at radius 3 is 2.97 bits per heavy atom. The number of hydrogen-bond donors (Lipinski definition) is 2. The Bertz CT molecular complexity index is 1200. The van der Waals surface area contributed by atoms with E-state index in [1.54, 1.807) is 25.3 Å². The minimum absolute atomic E-state index is 0.105. The third-order valence-corrected chi connectivity index (χ3v) is 5.14. The van der Waals surface area contributed by atoms with Crippen molar-refractivity contribution in [2.45, 2.75) is 26.4 Å². The van der Waals surface area contributed by atoms with Gasteiger partial charge in [-0.3, -0.25) is 14.2 Å². The van der Waals surface area contributed by atoms with Crippen molar-refractivity contribution >= 4 is 23.3 Å². The van der Waals surface area contributed by atoms with Crippen LogP contribution < -0.4 is 25.7 Å². The lowest BCUT2D eigenvalue weighted by atomic mass is 10.2. The van der Waals surface area contributed by atoms with E-state index < -0.39 is 0 Å². The van der Waals surface area contributed by atoms with E-state index in [0.29, 0.717) is 41.9 Å². The highest BCUT2D eigenvalue weighted by atomic mass is 35.5. The number of fused-ring (bicyclic) bond motifs is 1. The molecule has 3 heterocycles. The molecule has 0 saturated heterocycles. The Balaban J connectivity index is 1.35. The second-order valence-corrected chi connectivity index (χ2v) is 7.67. The second kappa shape index (κ2) is 9.69. The van der Waals surface area contributed by atoms with Crippen LogP contribution in [-0.4, -0.2) is 33.8 Å². The van der Waals surface area contributed by atoms with Gasteiger partial charge in [-0.2, -0.15) is 0 Å². The number of benzene rings is 1. The van der Waals surface area contributed by atoms with Gasteiger partial charge < -0.3 is 20.1 Å². The Morgan fingerprint density at radius 2 is 2.12 bits per heavy atom. The summed E-state index contributed by atoms with van der Waals surface area (Å²) in [5, 5.41) is 6.44. The fourth-order valence-corrected chi connectivity index (χ4v) is 3.42. The first kappa shape index (κ1) is 21.6. The summed E-state index contributed by atoms with van der Waals surface area (Å²) in [7, 11) is 0. The van der Waals surface area contributed by atoms with E-state index in [0.717, 1.165) is 11.3 Å². The molecule has 0 unspecified atom stereocenters. The van der Waals surface area contributed by atoms with Gasteiger partial charge in [0.05, 0.1) is 0 Å². The summed E-state index contributed by atoms with van der Waals surface area (Å²) in [5.74, 6) is 0.997. The van der Waals surface area contributed by atoms with Gasteiger partial charge in [0.2, 0.25) is 12.7 Å². The fraction of sp³-hybridized carbons (Fsp3) is 0.273. The number of aryl methyl sites for hydroxylation is 1. The molecule has 0 spiro atoms. The van der Waals surface area contributed by atoms with Crippen LogP contribution in [0.3, 0.4) is 0 Å². The summed E-state index contributed by atoms with van der Waals surface area (Å²) in [6.45, 7) is 2.57. The van der Waals surface area contributed by atoms with E-state index in [9.17, 15) is 9.59 Å². The summed E-state index contributed by atoms with van der Waals surface area (Å²) < 4.78 is 11.9. The monoisotopic (exact) mass is 455 g/mol. The first-order chi connectivity index (χ1) is 15.5. The van der Waals surface area contributed by atoms with Gasteiger partial charge in [-0.15, -0.1) is 0 Å². The number of halogens is 1. The molecule has 0 bridgehead atoms. The van der Waals surface area contributed by atoms with Gasteiger partial charge >= 0.3 is 0 Å². The standard InChI is InChI=1S/C22H22ClN5O4/c1-14-10-26-20(24-8-7-17-5-6-18-21(27-17)32-13-31-18)22(30)28(14)12-19(29)25-11-15-3-2-4-16(23)9-15/h2-6,9-10H,7-8,11-13H2,1H3,(H,24,26)(H,25,29). The summed E-state index contributed by atoms with van der Waals surface area (Å²) in [5.41, 5.74) is 1.91. The number of amides is 1. The molecular formula is C22H22ClN5O4. The average molecular weight is 456 g/mol. The van der Waals surface area contributed by atoms with Crippen molar-refractivity contribution in [1.29, 1.82) is 0 Å². The van der Waals surface area contributed by atoms with E-state index in [4.69, 9.17) is 21.1 Å². The molecule has 0 saturated carbocycles. The lowest BCUT2D eigenvalue weighted by Gasteiger charge is -2.13. The predicted octanol–water partition coefficient (Wildman–Crippen LogP) is 2.30. The molecule has 1 aliphatic heterocycles. The lowest BCUT2D eigenvalue weighted by molar-refractivity contribution is -0.121. The van der Waals surface area contributed by atoms with Crippen molar-refractivity contribution in [3.05, 3.63) is 74.9 Å². The maximum absolute atomic E-state index is 12.8. The molecule has 3 aromatic rings. The predicted molar refractivity (Wildman–Crippen MR) is 119 cm³/mol. The van der Waals surface area contributed by atoms with Gasteiger partial charge in [0.1, 0.15) is 6.54 Å². The van der Waals surface area contributed by atoms with E-state index in [2.05, 4.69) is 20.6 Å². The maximum Gasteiger partial charge on any atom is 0.293 e. The van der Waals surface area contributed by atoms with Crippen LogP contribution in [0.5, 0.6) is 11.6 Å². The highest BCUT2D eigenvalue weighted by Crippen LogP contribution is 2.29. The molecule has 0 fully saturated rings. The van der Waals surface area contributed by atoms with Gasteiger partial charge in [0.25, 0.3) is 11.4 Å². The van der Waals surface area contributed by atoms with Gasteiger partial charge in [-0.25, -0.2) is 9.97 Å². The largest absolute Gasteiger partial charge is 0.452 e. The van der Waals surface area contributed by atoms with Gasteiger partial charge in [-0.1, -0.05) is 23.7 Å². The molecule has 1 aliphatic rings. The zero-order valence-electron chi connectivity index (χ0n) is 17.4. The molecule has 1 aromatic carbocycles. The highest BCUT2D eigenvalue weighted by Gasteiger charge is 2.15. The van der Waals surface area contributed by atoms with Crippen molar-refractivity contribution in [3.63, 3.8) is 0 Å². The van der Waals surface area contributed by atoms with Crippen LogP contribution in [0.25, 0.3) is 0 Å². The van der Waals surface area contributed by atoms with Crippen LogP contribution >= 0.6 is 11.6 Å². The molecule has 0 radical (unpaired) electrons.